The van der Waals surface area contributed by atoms with Gasteiger partial charge in [0.25, 0.3) is 0 Å². The highest BCUT2D eigenvalue weighted by Crippen LogP contribution is 2.24. The molecule has 0 N–H and O–H groups in total. The van der Waals surface area contributed by atoms with Crippen molar-refractivity contribution in [3.05, 3.63) is 22.5 Å². The Hall–Kier alpha value is -1.86. The van der Waals surface area contributed by atoms with Gasteiger partial charge in [-0.3, -0.25) is 14.3 Å². The SMILES string of the molecule is Cc1nn(CC(C)C)c(Cl)c1/C=C/C(=O)N1CCC(C(=O)N2CCOCC2)CC1. The lowest BCUT2D eigenvalue weighted by Crippen LogP contribution is -2.47. The first-order valence-electron chi connectivity index (χ1n) is 10.4. The van der Waals surface area contributed by atoms with E-state index in [9.17, 15) is 9.59 Å². The van der Waals surface area contributed by atoms with Crippen LogP contribution in [0.25, 0.3) is 6.08 Å². The number of amides is 2. The molecule has 3 rings (SSSR count). The number of nitrogens with zero attached hydrogens (tertiary/aromatic N) is 4. The molecule has 0 radical (unpaired) electrons. The second-order valence-corrected chi connectivity index (χ2v) is 8.59. The quantitative estimate of drug-likeness (QED) is 0.684. The van der Waals surface area contributed by atoms with Gasteiger partial charge >= 0.3 is 0 Å². The Morgan fingerprint density at radius 1 is 1.17 bits per heavy atom. The molecule has 2 amide bonds. The van der Waals surface area contributed by atoms with Crippen LogP contribution in [0.4, 0.5) is 0 Å². The fraction of sp³-hybridized carbons (Fsp3) is 0.667. The third kappa shape index (κ3) is 5.39. The van der Waals surface area contributed by atoms with Gasteiger partial charge in [-0.1, -0.05) is 25.4 Å². The number of carbonyl (C=O) groups is 2. The Labute approximate surface area is 177 Å². The molecule has 0 unspecified atom stereocenters. The lowest BCUT2D eigenvalue weighted by molar-refractivity contribution is -0.142. The van der Waals surface area contributed by atoms with Crippen molar-refractivity contribution in [2.75, 3.05) is 39.4 Å². The summed E-state index contributed by atoms with van der Waals surface area (Å²) in [5.74, 6) is 0.601. The molecule has 1 aromatic heterocycles. The van der Waals surface area contributed by atoms with E-state index in [1.165, 1.54) is 0 Å². The highest BCUT2D eigenvalue weighted by Gasteiger charge is 2.30. The van der Waals surface area contributed by atoms with Crippen molar-refractivity contribution in [1.82, 2.24) is 19.6 Å². The van der Waals surface area contributed by atoms with Crippen molar-refractivity contribution in [3.8, 4) is 0 Å². The molecule has 0 atom stereocenters. The molecule has 2 fully saturated rings. The van der Waals surface area contributed by atoms with Gasteiger partial charge in [0, 0.05) is 50.3 Å². The fourth-order valence-electron chi connectivity index (χ4n) is 3.87. The van der Waals surface area contributed by atoms with Gasteiger partial charge in [-0.05, 0) is 31.8 Å². The van der Waals surface area contributed by atoms with E-state index in [0.29, 0.717) is 63.3 Å². The van der Waals surface area contributed by atoms with Crippen molar-refractivity contribution < 1.29 is 14.3 Å². The summed E-state index contributed by atoms with van der Waals surface area (Å²) in [6.45, 7) is 10.6. The standard InChI is InChI=1S/C21H31ClN4O3/c1-15(2)14-26-20(22)18(16(3)23-26)4-5-19(27)24-8-6-17(7-9-24)21(28)25-10-12-29-13-11-25/h4-5,15,17H,6-14H2,1-3H3/b5-4+. The van der Waals surface area contributed by atoms with E-state index in [-0.39, 0.29) is 17.7 Å². The number of halogens is 1. The molecule has 0 aliphatic carbocycles. The van der Waals surface area contributed by atoms with Crippen molar-refractivity contribution >= 4 is 29.5 Å². The number of piperidine rings is 1. The van der Waals surface area contributed by atoms with Crippen molar-refractivity contribution in [1.29, 1.82) is 0 Å². The average molecular weight is 423 g/mol. The van der Waals surface area contributed by atoms with Crippen LogP contribution in [0.1, 0.15) is 37.9 Å². The monoisotopic (exact) mass is 422 g/mol. The van der Waals surface area contributed by atoms with Crippen LogP contribution in [0.5, 0.6) is 0 Å². The predicted molar refractivity (Wildman–Crippen MR) is 113 cm³/mol. The Balaban J connectivity index is 1.54. The molecule has 2 aliphatic heterocycles. The summed E-state index contributed by atoms with van der Waals surface area (Å²) in [4.78, 5) is 28.9. The minimum atomic E-state index is -0.0469. The molecule has 0 aromatic carbocycles. The van der Waals surface area contributed by atoms with E-state index in [4.69, 9.17) is 16.3 Å². The first-order chi connectivity index (χ1) is 13.9. The number of hydrogen-bond acceptors (Lipinski definition) is 4. The van der Waals surface area contributed by atoms with E-state index < -0.39 is 0 Å². The molecule has 2 saturated heterocycles. The molecule has 0 saturated carbocycles. The zero-order valence-corrected chi connectivity index (χ0v) is 18.3. The molecule has 0 bridgehead atoms. The van der Waals surface area contributed by atoms with Crippen LogP contribution in [0.3, 0.4) is 0 Å². The Bertz CT molecular complexity index is 760. The summed E-state index contributed by atoms with van der Waals surface area (Å²) in [6.07, 6.45) is 4.75. The van der Waals surface area contributed by atoms with Gasteiger partial charge in [-0.2, -0.15) is 5.10 Å². The molecule has 29 heavy (non-hydrogen) atoms. The van der Waals surface area contributed by atoms with Crippen LogP contribution in [-0.4, -0.2) is 70.8 Å². The summed E-state index contributed by atoms with van der Waals surface area (Å²) in [7, 11) is 0. The largest absolute Gasteiger partial charge is 0.378 e. The number of morpholine rings is 1. The molecular formula is C21H31ClN4O3. The van der Waals surface area contributed by atoms with Crippen LogP contribution in [0.15, 0.2) is 6.08 Å². The smallest absolute Gasteiger partial charge is 0.246 e. The van der Waals surface area contributed by atoms with Crippen molar-refractivity contribution in [2.45, 2.75) is 40.2 Å². The van der Waals surface area contributed by atoms with Gasteiger partial charge in [0.05, 0.1) is 18.9 Å². The maximum absolute atomic E-state index is 12.6. The highest BCUT2D eigenvalue weighted by molar-refractivity contribution is 6.31. The van der Waals surface area contributed by atoms with Gasteiger partial charge in [-0.25, -0.2) is 0 Å². The van der Waals surface area contributed by atoms with E-state index in [0.717, 1.165) is 17.8 Å². The molecular weight excluding hydrogens is 392 g/mol. The maximum atomic E-state index is 12.6. The van der Waals surface area contributed by atoms with E-state index >= 15 is 0 Å². The normalized spacial score (nSPS) is 18.8. The van der Waals surface area contributed by atoms with Gasteiger partial charge in [-0.15, -0.1) is 0 Å². The third-order valence-corrected chi connectivity index (χ3v) is 5.92. The number of likely N-dealkylation sites (tertiary alicyclic amines) is 1. The second-order valence-electron chi connectivity index (χ2n) is 8.24. The number of aromatic nitrogens is 2. The average Bonchev–Trinajstić information content (AvgIpc) is 2.98. The Morgan fingerprint density at radius 3 is 2.45 bits per heavy atom. The van der Waals surface area contributed by atoms with E-state index in [1.807, 2.05) is 11.8 Å². The molecule has 160 valence electrons. The zero-order chi connectivity index (χ0) is 21.0. The summed E-state index contributed by atoms with van der Waals surface area (Å²) in [5, 5.41) is 5.04. The second kappa shape index (κ2) is 9.76. The first-order valence-corrected chi connectivity index (χ1v) is 10.8. The number of carbonyl (C=O) groups excluding carboxylic acids is 2. The summed E-state index contributed by atoms with van der Waals surface area (Å²) < 4.78 is 7.10. The minimum Gasteiger partial charge on any atom is -0.378 e. The number of hydrogen-bond donors (Lipinski definition) is 0. The number of aryl methyl sites for hydroxylation is 1. The van der Waals surface area contributed by atoms with Crippen LogP contribution < -0.4 is 0 Å². The Morgan fingerprint density at radius 2 is 1.83 bits per heavy atom. The summed E-state index contributed by atoms with van der Waals surface area (Å²) >= 11 is 6.44. The molecule has 2 aliphatic rings. The fourth-order valence-corrected chi connectivity index (χ4v) is 4.18. The topological polar surface area (TPSA) is 67.7 Å². The van der Waals surface area contributed by atoms with Gasteiger partial charge in [0.15, 0.2) is 0 Å². The molecule has 7 nitrogen and oxygen atoms in total. The summed E-state index contributed by atoms with van der Waals surface area (Å²) in [6, 6.07) is 0. The van der Waals surface area contributed by atoms with Crippen LogP contribution >= 0.6 is 11.6 Å². The molecule has 0 spiro atoms. The van der Waals surface area contributed by atoms with Crippen molar-refractivity contribution in [2.24, 2.45) is 11.8 Å². The number of rotatable bonds is 5. The predicted octanol–water partition coefficient (Wildman–Crippen LogP) is 2.61. The van der Waals surface area contributed by atoms with E-state index in [1.54, 1.807) is 21.7 Å². The first kappa shape index (κ1) is 21.8. The highest BCUT2D eigenvalue weighted by atomic mass is 35.5. The van der Waals surface area contributed by atoms with Gasteiger partial charge in [0.1, 0.15) is 5.15 Å². The number of ether oxygens (including phenoxy) is 1. The van der Waals surface area contributed by atoms with Crippen LogP contribution in [0.2, 0.25) is 5.15 Å². The van der Waals surface area contributed by atoms with Crippen molar-refractivity contribution in [3.63, 3.8) is 0 Å². The lowest BCUT2D eigenvalue weighted by atomic mass is 9.95. The molecule has 3 heterocycles. The van der Waals surface area contributed by atoms with Crippen LogP contribution in [0, 0.1) is 18.8 Å². The molecule has 8 heteroatoms. The third-order valence-electron chi connectivity index (χ3n) is 5.52. The van der Waals surface area contributed by atoms with Gasteiger partial charge in [0.2, 0.25) is 11.8 Å². The Kier molecular flexibility index (Phi) is 7.35. The summed E-state index contributed by atoms with van der Waals surface area (Å²) in [5.41, 5.74) is 1.60. The lowest BCUT2D eigenvalue weighted by Gasteiger charge is -2.35. The van der Waals surface area contributed by atoms with Gasteiger partial charge < -0.3 is 14.5 Å². The zero-order valence-electron chi connectivity index (χ0n) is 17.6. The van der Waals surface area contributed by atoms with Crippen LogP contribution in [-0.2, 0) is 20.9 Å². The maximum Gasteiger partial charge on any atom is 0.246 e. The van der Waals surface area contributed by atoms with E-state index in [2.05, 4.69) is 18.9 Å². The molecule has 1 aromatic rings. The minimum absolute atomic E-state index is 0.00656.